The molecule has 3 rings (SSSR count). The molecule has 0 spiro atoms. The number of ether oxygens (including phenoxy) is 3. The summed E-state index contributed by atoms with van der Waals surface area (Å²) in [5, 5.41) is 0. The SMILES string of the molecule is COc1ccc(OCCF)c(CN(C(C)=O)c2cc(F)ccc2Oc2ccccc2)c1. The Bertz CT molecular complexity index is 1030. The van der Waals surface area contributed by atoms with Crippen LogP contribution in [0.15, 0.2) is 66.7 Å². The Morgan fingerprint density at radius 1 is 0.968 bits per heavy atom. The second kappa shape index (κ2) is 10.4. The van der Waals surface area contributed by atoms with E-state index in [0.29, 0.717) is 28.6 Å². The van der Waals surface area contributed by atoms with Gasteiger partial charge < -0.3 is 19.1 Å². The number of benzene rings is 3. The number of alkyl halides is 1. The van der Waals surface area contributed by atoms with Crippen LogP contribution in [0.4, 0.5) is 14.5 Å². The monoisotopic (exact) mass is 427 g/mol. The van der Waals surface area contributed by atoms with Crippen LogP contribution in [0.2, 0.25) is 0 Å². The molecule has 0 radical (unpaired) electrons. The van der Waals surface area contributed by atoms with E-state index in [1.807, 2.05) is 18.2 Å². The Kier molecular flexibility index (Phi) is 7.43. The molecule has 0 saturated carbocycles. The van der Waals surface area contributed by atoms with Gasteiger partial charge in [-0.1, -0.05) is 18.2 Å². The van der Waals surface area contributed by atoms with Gasteiger partial charge in [0.1, 0.15) is 36.3 Å². The smallest absolute Gasteiger partial charge is 0.224 e. The molecule has 7 heteroatoms. The van der Waals surface area contributed by atoms with E-state index in [1.165, 1.54) is 37.1 Å². The fourth-order valence-corrected chi connectivity index (χ4v) is 3.04. The summed E-state index contributed by atoms with van der Waals surface area (Å²) >= 11 is 0. The third kappa shape index (κ3) is 5.72. The molecular weight excluding hydrogens is 404 g/mol. The predicted molar refractivity (Wildman–Crippen MR) is 114 cm³/mol. The molecule has 0 aliphatic carbocycles. The number of halogens is 2. The molecule has 0 aliphatic heterocycles. The van der Waals surface area contributed by atoms with Gasteiger partial charge in [-0.3, -0.25) is 4.79 Å². The number of methoxy groups -OCH3 is 1. The summed E-state index contributed by atoms with van der Waals surface area (Å²) in [7, 11) is 1.52. The highest BCUT2D eigenvalue weighted by Gasteiger charge is 2.21. The standard InChI is InChI=1S/C24H23F2NO4/c1-17(28)27(16-18-14-21(29-2)9-11-23(18)30-13-12-25)22-15-19(26)8-10-24(22)31-20-6-4-3-5-7-20/h3-11,14-15H,12-13,16H2,1-2H3. The molecule has 0 N–H and O–H groups in total. The van der Waals surface area contributed by atoms with Crippen molar-refractivity contribution in [2.45, 2.75) is 13.5 Å². The number of carbonyl (C=O) groups excluding carboxylic acids is 1. The van der Waals surface area contributed by atoms with Gasteiger partial charge in [0.25, 0.3) is 0 Å². The van der Waals surface area contributed by atoms with Crippen molar-refractivity contribution < 1.29 is 27.8 Å². The first kappa shape index (κ1) is 22.1. The van der Waals surface area contributed by atoms with E-state index >= 15 is 0 Å². The minimum absolute atomic E-state index is 0.0444. The average Bonchev–Trinajstić information content (AvgIpc) is 2.78. The van der Waals surface area contributed by atoms with Gasteiger partial charge in [-0.05, 0) is 42.5 Å². The average molecular weight is 427 g/mol. The van der Waals surface area contributed by atoms with Gasteiger partial charge >= 0.3 is 0 Å². The molecule has 1 amide bonds. The summed E-state index contributed by atoms with van der Waals surface area (Å²) in [5.74, 6) is 0.978. The molecule has 0 fully saturated rings. The minimum Gasteiger partial charge on any atom is -0.497 e. The number of anilines is 1. The Labute approximate surface area is 179 Å². The highest BCUT2D eigenvalue weighted by molar-refractivity contribution is 5.93. The van der Waals surface area contributed by atoms with Crippen LogP contribution in [0, 0.1) is 5.82 Å². The first-order valence-electron chi connectivity index (χ1n) is 9.68. The third-order valence-corrected chi connectivity index (χ3v) is 4.49. The summed E-state index contributed by atoms with van der Waals surface area (Å²) in [6, 6.07) is 18.0. The minimum atomic E-state index is -0.652. The maximum Gasteiger partial charge on any atom is 0.224 e. The van der Waals surface area contributed by atoms with Crippen LogP contribution in [0.1, 0.15) is 12.5 Å². The predicted octanol–water partition coefficient (Wildman–Crippen LogP) is 5.53. The van der Waals surface area contributed by atoms with Gasteiger partial charge in [0.2, 0.25) is 5.91 Å². The van der Waals surface area contributed by atoms with Crippen LogP contribution in [-0.2, 0) is 11.3 Å². The zero-order chi connectivity index (χ0) is 22.2. The lowest BCUT2D eigenvalue weighted by molar-refractivity contribution is -0.116. The summed E-state index contributed by atoms with van der Waals surface area (Å²) in [6.07, 6.45) is 0. The number of para-hydroxylation sites is 1. The number of rotatable bonds is 9. The van der Waals surface area contributed by atoms with Crippen LogP contribution >= 0.6 is 0 Å². The lowest BCUT2D eigenvalue weighted by atomic mass is 10.1. The fourth-order valence-electron chi connectivity index (χ4n) is 3.04. The van der Waals surface area contributed by atoms with E-state index in [1.54, 1.807) is 30.3 Å². The van der Waals surface area contributed by atoms with Gasteiger partial charge in [-0.2, -0.15) is 0 Å². The van der Waals surface area contributed by atoms with Crippen molar-refractivity contribution in [1.29, 1.82) is 0 Å². The largest absolute Gasteiger partial charge is 0.497 e. The van der Waals surface area contributed by atoms with Crippen LogP contribution in [-0.4, -0.2) is 26.3 Å². The van der Waals surface area contributed by atoms with Crippen LogP contribution in [0.3, 0.4) is 0 Å². The van der Waals surface area contributed by atoms with Crippen molar-refractivity contribution in [3.63, 3.8) is 0 Å². The van der Waals surface area contributed by atoms with Gasteiger partial charge in [0.15, 0.2) is 5.75 Å². The summed E-state index contributed by atoms with van der Waals surface area (Å²) < 4.78 is 43.4. The second-order valence-corrected chi connectivity index (χ2v) is 6.64. The van der Waals surface area contributed by atoms with Crippen molar-refractivity contribution >= 4 is 11.6 Å². The van der Waals surface area contributed by atoms with Gasteiger partial charge in [0.05, 0.1) is 19.3 Å². The quantitative estimate of drug-likeness (QED) is 0.451. The third-order valence-electron chi connectivity index (χ3n) is 4.49. The maximum atomic E-state index is 14.1. The van der Waals surface area contributed by atoms with E-state index in [-0.39, 0.29) is 24.7 Å². The summed E-state index contributed by atoms with van der Waals surface area (Å²) in [4.78, 5) is 13.9. The molecule has 0 aromatic heterocycles. The summed E-state index contributed by atoms with van der Waals surface area (Å²) in [6.45, 7) is 0.644. The molecule has 0 heterocycles. The number of hydrogen-bond donors (Lipinski definition) is 0. The van der Waals surface area contributed by atoms with Crippen LogP contribution in [0.25, 0.3) is 0 Å². The highest BCUT2D eigenvalue weighted by Crippen LogP contribution is 2.35. The summed E-state index contributed by atoms with van der Waals surface area (Å²) in [5.41, 5.74) is 0.841. The first-order valence-corrected chi connectivity index (χ1v) is 9.68. The lowest BCUT2D eigenvalue weighted by Crippen LogP contribution is -2.28. The molecule has 0 unspecified atom stereocenters. The van der Waals surface area contributed by atoms with Crippen molar-refractivity contribution in [3.05, 3.63) is 78.1 Å². The van der Waals surface area contributed by atoms with Crippen molar-refractivity contribution in [3.8, 4) is 23.0 Å². The molecular formula is C24H23F2NO4. The topological polar surface area (TPSA) is 48.0 Å². The molecule has 162 valence electrons. The Hall–Kier alpha value is -3.61. The van der Waals surface area contributed by atoms with E-state index in [0.717, 1.165) is 0 Å². The molecule has 3 aromatic carbocycles. The number of hydrogen-bond acceptors (Lipinski definition) is 4. The molecule has 0 atom stereocenters. The number of amides is 1. The highest BCUT2D eigenvalue weighted by atomic mass is 19.1. The molecule has 3 aromatic rings. The second-order valence-electron chi connectivity index (χ2n) is 6.64. The van der Waals surface area contributed by atoms with Crippen molar-refractivity contribution in [1.82, 2.24) is 0 Å². The van der Waals surface area contributed by atoms with E-state index in [2.05, 4.69) is 0 Å². The van der Waals surface area contributed by atoms with Gasteiger partial charge in [0, 0.05) is 18.6 Å². The molecule has 0 bridgehead atoms. The van der Waals surface area contributed by atoms with E-state index in [9.17, 15) is 13.6 Å². The normalized spacial score (nSPS) is 10.5. The Morgan fingerprint density at radius 2 is 1.71 bits per heavy atom. The van der Waals surface area contributed by atoms with Crippen molar-refractivity contribution in [2.75, 3.05) is 25.3 Å². The van der Waals surface area contributed by atoms with Gasteiger partial charge in [-0.25, -0.2) is 8.78 Å². The number of carbonyl (C=O) groups is 1. The first-order chi connectivity index (χ1) is 15.0. The number of nitrogens with zero attached hydrogens (tertiary/aromatic N) is 1. The Balaban J connectivity index is 2.00. The Morgan fingerprint density at radius 3 is 2.39 bits per heavy atom. The molecule has 0 aliphatic rings. The molecule has 5 nitrogen and oxygen atoms in total. The van der Waals surface area contributed by atoms with Gasteiger partial charge in [-0.15, -0.1) is 0 Å². The molecule has 31 heavy (non-hydrogen) atoms. The van der Waals surface area contributed by atoms with E-state index < -0.39 is 12.5 Å². The van der Waals surface area contributed by atoms with E-state index in [4.69, 9.17) is 14.2 Å². The van der Waals surface area contributed by atoms with Crippen LogP contribution in [0.5, 0.6) is 23.0 Å². The van der Waals surface area contributed by atoms with Crippen LogP contribution < -0.4 is 19.1 Å². The zero-order valence-corrected chi connectivity index (χ0v) is 17.3. The molecule has 0 saturated heterocycles. The fraction of sp³-hybridized carbons (Fsp3) is 0.208. The zero-order valence-electron chi connectivity index (χ0n) is 17.3. The van der Waals surface area contributed by atoms with Crippen molar-refractivity contribution in [2.24, 2.45) is 0 Å². The maximum absolute atomic E-state index is 14.1. The lowest BCUT2D eigenvalue weighted by Gasteiger charge is -2.25.